The molecule has 74 valence electrons. The number of carbonyl (C=O) groups is 2. The van der Waals surface area contributed by atoms with Crippen LogP contribution < -0.4 is 0 Å². The van der Waals surface area contributed by atoms with Crippen LogP contribution in [0.15, 0.2) is 0 Å². The Balaban J connectivity index is 2.37. The molecular formula is C9H15NO3. The zero-order valence-electron chi connectivity index (χ0n) is 8.08. The Hall–Kier alpha value is -0.900. The molecule has 1 amide bonds. The third kappa shape index (κ3) is 2.52. The Bertz CT molecular complexity index is 215. The van der Waals surface area contributed by atoms with Crippen molar-refractivity contribution in [2.75, 3.05) is 19.7 Å². The van der Waals surface area contributed by atoms with Gasteiger partial charge >= 0.3 is 0 Å². The maximum atomic E-state index is 11.2. The molecule has 0 radical (unpaired) electrons. The van der Waals surface area contributed by atoms with Gasteiger partial charge in [-0.25, -0.2) is 0 Å². The van der Waals surface area contributed by atoms with Gasteiger partial charge < -0.3 is 9.64 Å². The number of hydrogen-bond donors (Lipinski definition) is 0. The first-order valence-electron chi connectivity index (χ1n) is 4.58. The minimum Gasteiger partial charge on any atom is -0.377 e. The fraction of sp³-hybridized carbons (Fsp3) is 0.778. The summed E-state index contributed by atoms with van der Waals surface area (Å²) in [6.07, 6.45) is 0.373. The molecule has 0 aromatic carbocycles. The minimum atomic E-state index is -0.355. The van der Waals surface area contributed by atoms with E-state index in [2.05, 4.69) is 0 Å². The lowest BCUT2D eigenvalue weighted by Crippen LogP contribution is -2.34. The van der Waals surface area contributed by atoms with Gasteiger partial charge in [0.2, 0.25) is 5.78 Å². The quantitative estimate of drug-likeness (QED) is 0.588. The highest BCUT2D eigenvalue weighted by atomic mass is 16.5. The van der Waals surface area contributed by atoms with Gasteiger partial charge in [-0.3, -0.25) is 9.59 Å². The summed E-state index contributed by atoms with van der Waals surface area (Å²) in [6.45, 7) is 5.53. The molecule has 0 bridgehead atoms. The van der Waals surface area contributed by atoms with Crippen molar-refractivity contribution in [3.63, 3.8) is 0 Å². The Labute approximate surface area is 77.8 Å². The summed E-state index contributed by atoms with van der Waals surface area (Å²) >= 11 is 0. The standard InChI is InChI=1S/C9H15NO3/c1-3-13-7(2)6-10-5-4-8(11)9(10)12/h7H,3-6H2,1-2H3. The van der Waals surface area contributed by atoms with Gasteiger partial charge in [0.25, 0.3) is 5.91 Å². The molecule has 4 nitrogen and oxygen atoms in total. The van der Waals surface area contributed by atoms with Crippen LogP contribution in [0.5, 0.6) is 0 Å². The third-order valence-electron chi connectivity index (χ3n) is 2.06. The summed E-state index contributed by atoms with van der Waals surface area (Å²) in [5, 5.41) is 0. The molecule has 1 aliphatic heterocycles. The Kier molecular flexibility index (Phi) is 3.42. The molecule has 4 heteroatoms. The number of nitrogens with zero attached hydrogens (tertiary/aromatic N) is 1. The van der Waals surface area contributed by atoms with E-state index in [9.17, 15) is 9.59 Å². The highest BCUT2D eigenvalue weighted by Gasteiger charge is 2.29. The second-order valence-electron chi connectivity index (χ2n) is 3.19. The van der Waals surface area contributed by atoms with Crippen LogP contribution in [-0.4, -0.2) is 42.4 Å². The van der Waals surface area contributed by atoms with Crippen LogP contribution in [0, 0.1) is 0 Å². The van der Waals surface area contributed by atoms with Crippen molar-refractivity contribution in [3.8, 4) is 0 Å². The van der Waals surface area contributed by atoms with E-state index in [0.29, 0.717) is 26.1 Å². The van der Waals surface area contributed by atoms with E-state index in [1.165, 1.54) is 0 Å². The van der Waals surface area contributed by atoms with E-state index >= 15 is 0 Å². The van der Waals surface area contributed by atoms with E-state index in [0.717, 1.165) is 0 Å². The molecule has 0 spiro atoms. The van der Waals surface area contributed by atoms with Gasteiger partial charge in [-0.15, -0.1) is 0 Å². The summed E-state index contributed by atoms with van der Waals surface area (Å²) in [6, 6.07) is 0. The van der Waals surface area contributed by atoms with E-state index < -0.39 is 0 Å². The second kappa shape index (κ2) is 4.37. The van der Waals surface area contributed by atoms with Crippen LogP contribution in [0.2, 0.25) is 0 Å². The molecular weight excluding hydrogens is 170 g/mol. The summed E-state index contributed by atoms with van der Waals surface area (Å²) < 4.78 is 5.28. The predicted octanol–water partition coefficient (Wildman–Crippen LogP) is 0.213. The van der Waals surface area contributed by atoms with Crippen molar-refractivity contribution < 1.29 is 14.3 Å². The fourth-order valence-electron chi connectivity index (χ4n) is 1.44. The normalized spacial score (nSPS) is 19.7. The van der Waals surface area contributed by atoms with Gasteiger partial charge in [-0.05, 0) is 13.8 Å². The zero-order valence-corrected chi connectivity index (χ0v) is 8.08. The SMILES string of the molecule is CCOC(C)CN1CCC(=O)C1=O. The summed E-state index contributed by atoms with van der Waals surface area (Å²) in [4.78, 5) is 23.6. The van der Waals surface area contributed by atoms with E-state index in [-0.39, 0.29) is 17.8 Å². The van der Waals surface area contributed by atoms with Crippen molar-refractivity contribution >= 4 is 11.7 Å². The molecule has 0 saturated carbocycles. The largest absolute Gasteiger partial charge is 0.377 e. The molecule has 0 aromatic rings. The number of carbonyl (C=O) groups excluding carboxylic acids is 2. The van der Waals surface area contributed by atoms with E-state index in [4.69, 9.17) is 4.74 Å². The van der Waals surface area contributed by atoms with E-state index in [1.54, 1.807) is 4.90 Å². The lowest BCUT2D eigenvalue weighted by Gasteiger charge is -2.19. The van der Waals surface area contributed by atoms with Gasteiger partial charge in [0.1, 0.15) is 0 Å². The maximum absolute atomic E-state index is 11.2. The van der Waals surface area contributed by atoms with Crippen LogP contribution in [0.3, 0.4) is 0 Å². The molecule has 0 aliphatic carbocycles. The van der Waals surface area contributed by atoms with Crippen molar-refractivity contribution in [1.82, 2.24) is 4.90 Å². The fourth-order valence-corrected chi connectivity index (χ4v) is 1.44. The first-order chi connectivity index (χ1) is 6.15. The molecule has 1 saturated heterocycles. The number of rotatable bonds is 4. The number of ether oxygens (including phenoxy) is 1. The molecule has 0 aromatic heterocycles. The maximum Gasteiger partial charge on any atom is 0.290 e. The van der Waals surface area contributed by atoms with Gasteiger partial charge in [-0.1, -0.05) is 0 Å². The lowest BCUT2D eigenvalue weighted by atomic mass is 10.3. The topological polar surface area (TPSA) is 46.6 Å². The van der Waals surface area contributed by atoms with Crippen molar-refractivity contribution in [2.24, 2.45) is 0 Å². The van der Waals surface area contributed by atoms with Crippen LogP contribution in [0.1, 0.15) is 20.3 Å². The summed E-state index contributed by atoms with van der Waals surface area (Å²) in [7, 11) is 0. The van der Waals surface area contributed by atoms with Crippen molar-refractivity contribution in [2.45, 2.75) is 26.4 Å². The highest BCUT2D eigenvalue weighted by Crippen LogP contribution is 2.07. The molecule has 1 unspecified atom stereocenters. The number of likely N-dealkylation sites (tertiary alicyclic amines) is 1. The molecule has 1 heterocycles. The van der Waals surface area contributed by atoms with Crippen LogP contribution >= 0.6 is 0 Å². The summed E-state index contributed by atoms with van der Waals surface area (Å²) in [5.74, 6) is -0.629. The second-order valence-corrected chi connectivity index (χ2v) is 3.19. The third-order valence-corrected chi connectivity index (χ3v) is 2.06. The number of Topliss-reactive ketones (excluding diaryl/α,β-unsaturated/α-hetero) is 1. The zero-order chi connectivity index (χ0) is 9.84. The average Bonchev–Trinajstić information content (AvgIpc) is 2.37. The molecule has 1 aliphatic rings. The molecule has 13 heavy (non-hydrogen) atoms. The smallest absolute Gasteiger partial charge is 0.290 e. The van der Waals surface area contributed by atoms with Crippen LogP contribution in [0.4, 0.5) is 0 Å². The highest BCUT2D eigenvalue weighted by molar-refractivity contribution is 6.37. The van der Waals surface area contributed by atoms with Crippen LogP contribution in [0.25, 0.3) is 0 Å². The average molecular weight is 185 g/mol. The Morgan fingerprint density at radius 1 is 1.54 bits per heavy atom. The number of ketones is 1. The Morgan fingerprint density at radius 2 is 2.23 bits per heavy atom. The van der Waals surface area contributed by atoms with E-state index in [1.807, 2.05) is 13.8 Å². The predicted molar refractivity (Wildman–Crippen MR) is 47.3 cm³/mol. The van der Waals surface area contributed by atoms with Crippen LogP contribution in [-0.2, 0) is 14.3 Å². The number of hydrogen-bond acceptors (Lipinski definition) is 3. The number of amides is 1. The van der Waals surface area contributed by atoms with Gasteiger partial charge in [0.05, 0.1) is 6.10 Å². The van der Waals surface area contributed by atoms with Crippen molar-refractivity contribution in [1.29, 1.82) is 0 Å². The minimum absolute atomic E-state index is 0.0137. The first-order valence-corrected chi connectivity index (χ1v) is 4.58. The van der Waals surface area contributed by atoms with Gasteiger partial charge in [-0.2, -0.15) is 0 Å². The summed E-state index contributed by atoms with van der Waals surface area (Å²) in [5.41, 5.74) is 0. The molecule has 1 rings (SSSR count). The lowest BCUT2D eigenvalue weighted by molar-refractivity contribution is -0.140. The van der Waals surface area contributed by atoms with Crippen molar-refractivity contribution in [3.05, 3.63) is 0 Å². The first kappa shape index (κ1) is 10.2. The van der Waals surface area contributed by atoms with Gasteiger partial charge in [0, 0.05) is 26.1 Å². The molecule has 0 N–H and O–H groups in total. The Morgan fingerprint density at radius 3 is 2.69 bits per heavy atom. The molecule has 1 fully saturated rings. The van der Waals surface area contributed by atoms with Gasteiger partial charge in [0.15, 0.2) is 0 Å². The monoisotopic (exact) mass is 185 g/mol. The molecule has 1 atom stereocenters.